The first kappa shape index (κ1) is 13.6. The van der Waals surface area contributed by atoms with Gasteiger partial charge in [0, 0.05) is 35.7 Å². The second-order valence-corrected chi connectivity index (χ2v) is 7.87. The largest absolute Gasteiger partial charge is 0.357 e. The summed E-state index contributed by atoms with van der Waals surface area (Å²) in [5.74, 6) is 0.316. The number of hydrogen-bond acceptors (Lipinski definition) is 2. The summed E-state index contributed by atoms with van der Waals surface area (Å²) < 4.78 is 1.13. The number of benzene rings is 1. The van der Waals surface area contributed by atoms with Crippen LogP contribution < -0.4 is 5.32 Å². The van der Waals surface area contributed by atoms with E-state index in [1.165, 1.54) is 29.1 Å². The molecule has 4 atom stereocenters. The molecule has 4 aliphatic rings. The van der Waals surface area contributed by atoms with Crippen LogP contribution in [0.5, 0.6) is 0 Å². The number of carbonyl (C=O) groups is 1. The summed E-state index contributed by atoms with van der Waals surface area (Å²) in [6, 6.07) is 9.27. The fraction of sp³-hybridized carbons (Fsp3) is 0.450. The predicted octanol–water partition coefficient (Wildman–Crippen LogP) is 3.00. The van der Waals surface area contributed by atoms with E-state index >= 15 is 0 Å². The van der Waals surface area contributed by atoms with Gasteiger partial charge in [0.25, 0.3) is 0 Å². The minimum absolute atomic E-state index is 0.0390. The first-order chi connectivity index (χ1) is 11.1. The number of para-hydroxylation sites is 1. The van der Waals surface area contributed by atoms with Gasteiger partial charge in [-0.3, -0.25) is 4.79 Å². The van der Waals surface area contributed by atoms with E-state index in [0.717, 1.165) is 35.7 Å². The molecule has 1 N–H and O–H groups in total. The minimum atomic E-state index is 0.0390. The van der Waals surface area contributed by atoms with Gasteiger partial charge in [-0.15, -0.1) is 0 Å². The lowest BCUT2D eigenvalue weighted by atomic mass is 9.61. The number of fused-ring (bicyclic) bond motifs is 2. The number of piperidine rings is 1. The number of aldehydes is 1. The van der Waals surface area contributed by atoms with Gasteiger partial charge >= 0.3 is 0 Å². The standard InChI is InChI=1S/C20H22N2O/c1-3-13-11-22(2)9-8-20-16-6-4-5-7-17(16)21-19(20)15(12-23)14(13)10-18(20)22/h3-7,12,14,18H,8-11H2,1-2H3/p+1/b13-3+/t14-,18-,20?,22?/m0/s1. The lowest BCUT2D eigenvalue weighted by Gasteiger charge is -2.51. The van der Waals surface area contributed by atoms with Crippen molar-refractivity contribution in [1.29, 1.82) is 0 Å². The molecule has 3 heterocycles. The molecule has 1 spiro atoms. The van der Waals surface area contributed by atoms with Gasteiger partial charge in [0.2, 0.25) is 0 Å². The normalized spacial score (nSPS) is 41.6. The second-order valence-electron chi connectivity index (χ2n) is 7.87. The number of anilines is 1. The summed E-state index contributed by atoms with van der Waals surface area (Å²) in [5.41, 5.74) is 6.35. The number of likely N-dealkylation sites (N-methyl/N-ethyl adjacent to an activating group) is 1. The highest BCUT2D eigenvalue weighted by molar-refractivity contribution is 5.84. The Morgan fingerprint density at radius 1 is 1.35 bits per heavy atom. The van der Waals surface area contributed by atoms with Gasteiger partial charge < -0.3 is 9.80 Å². The van der Waals surface area contributed by atoms with Crippen LogP contribution in [0.25, 0.3) is 0 Å². The molecule has 5 rings (SSSR count). The van der Waals surface area contributed by atoms with E-state index in [-0.39, 0.29) is 5.41 Å². The molecule has 1 aromatic carbocycles. The van der Waals surface area contributed by atoms with Crippen LogP contribution in [-0.2, 0) is 10.2 Å². The Morgan fingerprint density at radius 2 is 2.17 bits per heavy atom. The maximum absolute atomic E-state index is 12.0. The Bertz CT molecular complexity index is 793. The highest BCUT2D eigenvalue weighted by Crippen LogP contribution is 2.62. The third-order valence-corrected chi connectivity index (χ3v) is 7.06. The molecule has 2 bridgehead atoms. The summed E-state index contributed by atoms with van der Waals surface area (Å²) >= 11 is 0. The zero-order valence-corrected chi connectivity index (χ0v) is 13.8. The summed E-state index contributed by atoms with van der Waals surface area (Å²) in [4.78, 5) is 12.0. The third kappa shape index (κ3) is 1.38. The average molecular weight is 307 g/mol. The van der Waals surface area contributed by atoms with Crippen LogP contribution >= 0.6 is 0 Å². The van der Waals surface area contributed by atoms with Crippen molar-refractivity contribution in [3.05, 3.63) is 52.7 Å². The number of carbonyl (C=O) groups excluding carboxylic acids is 1. The van der Waals surface area contributed by atoms with Crippen LogP contribution in [0.1, 0.15) is 25.3 Å². The fourth-order valence-corrected chi connectivity index (χ4v) is 6.07. The molecule has 0 aromatic heterocycles. The Kier molecular flexibility index (Phi) is 2.45. The molecule has 3 nitrogen and oxygen atoms in total. The highest BCUT2D eigenvalue weighted by atomic mass is 16.1. The van der Waals surface area contributed by atoms with Crippen LogP contribution in [0.3, 0.4) is 0 Å². The van der Waals surface area contributed by atoms with E-state index in [0.29, 0.717) is 12.0 Å². The molecule has 1 aliphatic carbocycles. The van der Waals surface area contributed by atoms with Crippen molar-refractivity contribution in [2.24, 2.45) is 5.92 Å². The summed E-state index contributed by atoms with van der Waals surface area (Å²) in [5, 5.41) is 3.66. The second kappa shape index (κ2) is 4.15. The molecule has 118 valence electrons. The van der Waals surface area contributed by atoms with Gasteiger partial charge in [0.1, 0.15) is 18.9 Å². The van der Waals surface area contributed by atoms with Gasteiger partial charge in [0.05, 0.1) is 19.0 Å². The Labute approximate surface area is 137 Å². The van der Waals surface area contributed by atoms with Gasteiger partial charge in [-0.05, 0) is 24.1 Å². The molecular formula is C20H23N2O+. The Hall–Kier alpha value is -1.87. The maximum atomic E-state index is 12.0. The van der Waals surface area contributed by atoms with E-state index in [2.05, 4.69) is 49.6 Å². The molecule has 1 aromatic rings. The molecule has 23 heavy (non-hydrogen) atoms. The van der Waals surface area contributed by atoms with Crippen molar-refractivity contribution in [2.45, 2.75) is 31.2 Å². The summed E-state index contributed by atoms with van der Waals surface area (Å²) in [7, 11) is 2.42. The van der Waals surface area contributed by atoms with Gasteiger partial charge in [-0.1, -0.05) is 24.3 Å². The van der Waals surface area contributed by atoms with Crippen LogP contribution in [0.15, 0.2) is 47.2 Å². The lowest BCUT2D eigenvalue weighted by molar-refractivity contribution is -0.923. The van der Waals surface area contributed by atoms with Crippen LogP contribution in [-0.4, -0.2) is 36.9 Å². The first-order valence-electron chi connectivity index (χ1n) is 8.70. The third-order valence-electron chi connectivity index (χ3n) is 7.06. The van der Waals surface area contributed by atoms with Crippen LogP contribution in [0, 0.1) is 5.92 Å². The SMILES string of the molecule is C/C=C1\C[N+]2(C)CCC34C(=C(C=O)[C@H]1C[C@@H]32)Nc1ccccc14. The monoisotopic (exact) mass is 307 g/mol. The molecule has 2 fully saturated rings. The Morgan fingerprint density at radius 3 is 2.96 bits per heavy atom. The van der Waals surface area contributed by atoms with E-state index in [1.54, 1.807) is 0 Å². The van der Waals surface area contributed by atoms with Crippen molar-refractivity contribution in [3.8, 4) is 0 Å². The topological polar surface area (TPSA) is 29.1 Å². The van der Waals surface area contributed by atoms with E-state index in [1.807, 2.05) is 0 Å². The zero-order chi connectivity index (χ0) is 15.8. The number of allylic oxidation sites excluding steroid dienone is 2. The number of nitrogens with one attached hydrogen (secondary N) is 1. The fourth-order valence-electron chi connectivity index (χ4n) is 6.07. The van der Waals surface area contributed by atoms with Crippen molar-refractivity contribution in [3.63, 3.8) is 0 Å². The number of quaternary nitrogens is 1. The highest BCUT2D eigenvalue weighted by Gasteiger charge is 2.67. The number of rotatable bonds is 1. The number of hydrogen-bond donors (Lipinski definition) is 1. The Balaban J connectivity index is 1.85. The minimum Gasteiger partial charge on any atom is -0.357 e. The molecule has 3 aliphatic heterocycles. The number of nitrogens with zero attached hydrogens (tertiary/aromatic N) is 1. The molecular weight excluding hydrogens is 284 g/mol. The zero-order valence-electron chi connectivity index (χ0n) is 13.8. The first-order valence-corrected chi connectivity index (χ1v) is 8.70. The average Bonchev–Trinajstić information content (AvgIpc) is 3.08. The molecule has 3 heteroatoms. The van der Waals surface area contributed by atoms with Crippen molar-refractivity contribution in [1.82, 2.24) is 0 Å². The molecule has 2 unspecified atom stereocenters. The van der Waals surface area contributed by atoms with Gasteiger partial charge in [-0.2, -0.15) is 0 Å². The summed E-state index contributed by atoms with van der Waals surface area (Å²) in [6.07, 6.45) is 5.65. The van der Waals surface area contributed by atoms with Crippen LogP contribution in [0.2, 0.25) is 0 Å². The smallest absolute Gasteiger partial charge is 0.148 e. The van der Waals surface area contributed by atoms with E-state index < -0.39 is 0 Å². The van der Waals surface area contributed by atoms with Crippen molar-refractivity contribution < 1.29 is 9.28 Å². The summed E-state index contributed by atoms with van der Waals surface area (Å²) in [6.45, 7) is 4.42. The molecule has 0 saturated carbocycles. The molecule has 0 amide bonds. The lowest BCUT2D eigenvalue weighted by Crippen LogP contribution is -2.61. The predicted molar refractivity (Wildman–Crippen MR) is 91.0 cm³/mol. The van der Waals surface area contributed by atoms with Crippen LogP contribution in [0.4, 0.5) is 5.69 Å². The van der Waals surface area contributed by atoms with Crippen molar-refractivity contribution in [2.75, 3.05) is 25.5 Å². The molecule has 0 radical (unpaired) electrons. The maximum Gasteiger partial charge on any atom is 0.148 e. The van der Waals surface area contributed by atoms with Gasteiger partial charge in [-0.25, -0.2) is 0 Å². The molecule has 2 saturated heterocycles. The van der Waals surface area contributed by atoms with E-state index in [4.69, 9.17) is 0 Å². The quantitative estimate of drug-likeness (QED) is 0.491. The van der Waals surface area contributed by atoms with E-state index in [9.17, 15) is 4.79 Å². The van der Waals surface area contributed by atoms with Gasteiger partial charge in [0.15, 0.2) is 0 Å². The van der Waals surface area contributed by atoms with Crippen molar-refractivity contribution >= 4 is 12.0 Å².